The molecule has 2 aromatic carbocycles. The van der Waals surface area contributed by atoms with Crippen molar-refractivity contribution in [3.8, 4) is 0 Å². The van der Waals surface area contributed by atoms with Crippen LogP contribution in [0.2, 0.25) is 10.0 Å². The Hall–Kier alpha value is -1.84. The summed E-state index contributed by atoms with van der Waals surface area (Å²) in [4.78, 5) is 24.8. The zero-order valence-electron chi connectivity index (χ0n) is 11.5. The lowest BCUT2D eigenvalue weighted by Gasteiger charge is -2.28. The van der Waals surface area contributed by atoms with Crippen molar-refractivity contribution in [2.45, 2.75) is 18.4 Å². The fourth-order valence-electron chi connectivity index (χ4n) is 2.70. The number of carbonyl (C=O) groups is 2. The van der Waals surface area contributed by atoms with Gasteiger partial charge in [0.1, 0.15) is 0 Å². The van der Waals surface area contributed by atoms with E-state index in [0.717, 1.165) is 0 Å². The van der Waals surface area contributed by atoms with Crippen molar-refractivity contribution in [2.75, 3.05) is 0 Å². The van der Waals surface area contributed by atoms with E-state index < -0.39 is 11.6 Å². The highest BCUT2D eigenvalue weighted by atomic mass is 35.5. The van der Waals surface area contributed by atoms with Crippen LogP contribution in [0.3, 0.4) is 0 Å². The number of halogens is 2. The molecule has 0 spiro atoms. The van der Waals surface area contributed by atoms with Gasteiger partial charge < -0.3 is 4.74 Å². The SMILES string of the molecule is O=C1CCC(C(=O)c2ccccc2Cl)(c2ccccc2Cl)O1. The maximum absolute atomic E-state index is 13.1. The number of Topliss-reactive ketones (excluding diaryl/α,β-unsaturated/α-hetero) is 1. The van der Waals surface area contributed by atoms with Crippen molar-refractivity contribution in [3.63, 3.8) is 0 Å². The Kier molecular flexibility index (Phi) is 3.94. The quantitative estimate of drug-likeness (QED) is 0.616. The van der Waals surface area contributed by atoms with Crippen LogP contribution in [-0.4, -0.2) is 11.8 Å². The number of hydrogen-bond acceptors (Lipinski definition) is 3. The van der Waals surface area contributed by atoms with Crippen LogP contribution in [0.5, 0.6) is 0 Å². The molecular formula is C17H12Cl2O3. The van der Waals surface area contributed by atoms with Crippen LogP contribution in [-0.2, 0) is 15.1 Å². The van der Waals surface area contributed by atoms with E-state index in [1.165, 1.54) is 0 Å². The highest BCUT2D eigenvalue weighted by molar-refractivity contribution is 6.35. The summed E-state index contributed by atoms with van der Waals surface area (Å²) >= 11 is 12.4. The van der Waals surface area contributed by atoms with Gasteiger partial charge in [0, 0.05) is 22.6 Å². The van der Waals surface area contributed by atoms with Crippen LogP contribution < -0.4 is 0 Å². The molecule has 1 aliphatic heterocycles. The lowest BCUT2D eigenvalue weighted by molar-refractivity contribution is -0.146. The lowest BCUT2D eigenvalue weighted by atomic mass is 9.83. The molecule has 1 saturated heterocycles. The third kappa shape index (κ3) is 2.40. The van der Waals surface area contributed by atoms with Crippen LogP contribution >= 0.6 is 23.2 Å². The Morgan fingerprint density at radius 1 is 1.00 bits per heavy atom. The van der Waals surface area contributed by atoms with Gasteiger partial charge in [-0.1, -0.05) is 53.5 Å². The molecule has 0 amide bonds. The van der Waals surface area contributed by atoms with Crippen LogP contribution in [0.4, 0.5) is 0 Å². The van der Waals surface area contributed by atoms with Gasteiger partial charge in [-0.05, 0) is 18.2 Å². The van der Waals surface area contributed by atoms with E-state index in [-0.39, 0.29) is 18.6 Å². The maximum atomic E-state index is 13.1. The molecular weight excluding hydrogens is 323 g/mol. The summed E-state index contributed by atoms with van der Waals surface area (Å²) in [7, 11) is 0. The summed E-state index contributed by atoms with van der Waals surface area (Å²) in [5.41, 5.74) is -0.591. The molecule has 0 aliphatic carbocycles. The van der Waals surface area contributed by atoms with Crippen LogP contribution in [0.1, 0.15) is 28.8 Å². The molecule has 112 valence electrons. The largest absolute Gasteiger partial charge is 0.446 e. The Morgan fingerprint density at radius 2 is 1.64 bits per heavy atom. The molecule has 1 atom stereocenters. The Morgan fingerprint density at radius 3 is 2.23 bits per heavy atom. The third-order valence-electron chi connectivity index (χ3n) is 3.76. The summed E-state index contributed by atoms with van der Waals surface area (Å²) in [5.74, 6) is -0.766. The minimum Gasteiger partial charge on any atom is -0.446 e. The fourth-order valence-corrected chi connectivity index (χ4v) is 3.21. The highest BCUT2D eigenvalue weighted by Crippen LogP contribution is 2.43. The number of ether oxygens (including phenoxy) is 1. The number of carbonyl (C=O) groups excluding carboxylic acids is 2. The molecule has 3 nitrogen and oxygen atoms in total. The number of esters is 1. The van der Waals surface area contributed by atoms with E-state index in [2.05, 4.69) is 0 Å². The van der Waals surface area contributed by atoms with Gasteiger partial charge in [0.05, 0.1) is 11.4 Å². The first-order chi connectivity index (χ1) is 10.5. The zero-order chi connectivity index (χ0) is 15.7. The Bertz CT molecular complexity index is 757. The van der Waals surface area contributed by atoms with Crippen molar-refractivity contribution in [2.24, 2.45) is 0 Å². The van der Waals surface area contributed by atoms with E-state index in [4.69, 9.17) is 27.9 Å². The van der Waals surface area contributed by atoms with Crippen LogP contribution in [0.15, 0.2) is 48.5 Å². The molecule has 1 heterocycles. The predicted octanol–water partition coefficient (Wildman–Crippen LogP) is 4.41. The number of benzene rings is 2. The van der Waals surface area contributed by atoms with E-state index in [0.29, 0.717) is 21.2 Å². The van der Waals surface area contributed by atoms with Crippen molar-refractivity contribution < 1.29 is 14.3 Å². The predicted molar refractivity (Wildman–Crippen MR) is 84.2 cm³/mol. The average Bonchev–Trinajstić information content (AvgIpc) is 2.91. The van der Waals surface area contributed by atoms with Gasteiger partial charge in [-0.2, -0.15) is 0 Å². The second-order valence-electron chi connectivity index (χ2n) is 5.09. The number of cyclic esters (lactones) is 1. The van der Waals surface area contributed by atoms with Crippen LogP contribution in [0.25, 0.3) is 0 Å². The van der Waals surface area contributed by atoms with Gasteiger partial charge in [0.15, 0.2) is 0 Å². The van der Waals surface area contributed by atoms with Gasteiger partial charge in [0.25, 0.3) is 0 Å². The molecule has 0 N–H and O–H groups in total. The monoisotopic (exact) mass is 334 g/mol. The van der Waals surface area contributed by atoms with Gasteiger partial charge in [0.2, 0.25) is 11.4 Å². The number of rotatable bonds is 3. The molecule has 2 aromatic rings. The van der Waals surface area contributed by atoms with Crippen molar-refractivity contribution >= 4 is 35.0 Å². The first-order valence-corrected chi connectivity index (χ1v) is 7.56. The lowest BCUT2D eigenvalue weighted by Crippen LogP contribution is -2.36. The second-order valence-corrected chi connectivity index (χ2v) is 5.90. The smallest absolute Gasteiger partial charge is 0.307 e. The summed E-state index contributed by atoms with van der Waals surface area (Å²) in [6, 6.07) is 13.6. The average molecular weight is 335 g/mol. The van der Waals surface area contributed by atoms with E-state index >= 15 is 0 Å². The summed E-state index contributed by atoms with van der Waals surface area (Å²) < 4.78 is 5.46. The van der Waals surface area contributed by atoms with E-state index in [1.54, 1.807) is 48.5 Å². The molecule has 1 aliphatic rings. The molecule has 5 heteroatoms. The van der Waals surface area contributed by atoms with Gasteiger partial charge in [-0.15, -0.1) is 0 Å². The standard InChI is InChI=1S/C17H12Cl2O3/c18-13-7-3-1-5-11(13)16(21)17(10-9-15(20)22-17)12-6-2-4-8-14(12)19/h1-8H,9-10H2. The minimum absolute atomic E-state index is 0.168. The van der Waals surface area contributed by atoms with E-state index in [9.17, 15) is 9.59 Å². The second kappa shape index (κ2) is 5.75. The topological polar surface area (TPSA) is 43.4 Å². The first kappa shape index (κ1) is 15.1. The van der Waals surface area contributed by atoms with Gasteiger partial charge in [-0.3, -0.25) is 9.59 Å². The third-order valence-corrected chi connectivity index (χ3v) is 4.42. The normalized spacial score (nSPS) is 20.7. The molecule has 22 heavy (non-hydrogen) atoms. The zero-order valence-corrected chi connectivity index (χ0v) is 13.0. The Balaban J connectivity index is 2.16. The number of ketones is 1. The maximum Gasteiger partial charge on any atom is 0.307 e. The summed E-state index contributed by atoms with van der Waals surface area (Å²) in [6.07, 6.45) is 0.418. The van der Waals surface area contributed by atoms with Crippen LogP contribution in [0, 0.1) is 0 Å². The van der Waals surface area contributed by atoms with Gasteiger partial charge in [-0.25, -0.2) is 0 Å². The molecule has 3 rings (SSSR count). The van der Waals surface area contributed by atoms with Crippen molar-refractivity contribution in [1.82, 2.24) is 0 Å². The summed E-state index contributed by atoms with van der Waals surface area (Å²) in [5, 5.41) is 0.708. The van der Waals surface area contributed by atoms with Crippen molar-refractivity contribution in [3.05, 3.63) is 69.7 Å². The Labute approximate surface area is 137 Å². The number of hydrogen-bond donors (Lipinski definition) is 0. The molecule has 0 saturated carbocycles. The van der Waals surface area contributed by atoms with Gasteiger partial charge >= 0.3 is 5.97 Å². The fraction of sp³-hybridized carbons (Fsp3) is 0.176. The summed E-state index contributed by atoms with van der Waals surface area (Å²) in [6.45, 7) is 0. The molecule has 1 fully saturated rings. The molecule has 0 radical (unpaired) electrons. The highest BCUT2D eigenvalue weighted by Gasteiger charge is 2.50. The first-order valence-electron chi connectivity index (χ1n) is 6.81. The minimum atomic E-state index is -1.40. The van der Waals surface area contributed by atoms with E-state index in [1.807, 2.05) is 0 Å². The molecule has 0 bridgehead atoms. The molecule has 1 unspecified atom stereocenters. The van der Waals surface area contributed by atoms with Crippen molar-refractivity contribution in [1.29, 1.82) is 0 Å². The molecule has 0 aromatic heterocycles.